The first-order valence-electron chi connectivity index (χ1n) is 6.10. The van der Waals surface area contributed by atoms with Gasteiger partial charge in [-0.3, -0.25) is 0 Å². The average molecular weight is 244 g/mol. The number of rotatable bonds is 2. The van der Waals surface area contributed by atoms with Gasteiger partial charge in [-0.25, -0.2) is 0 Å². The van der Waals surface area contributed by atoms with Crippen molar-refractivity contribution in [1.82, 2.24) is 0 Å². The van der Waals surface area contributed by atoms with Crippen molar-refractivity contribution in [3.05, 3.63) is 56.8 Å². The van der Waals surface area contributed by atoms with Crippen molar-refractivity contribution in [2.75, 3.05) is 0 Å². The van der Waals surface area contributed by atoms with Crippen LogP contribution in [0.5, 0.6) is 0 Å². The van der Waals surface area contributed by atoms with Crippen LogP contribution in [-0.2, 0) is 12.8 Å². The van der Waals surface area contributed by atoms with Crippen LogP contribution in [0.4, 0.5) is 0 Å². The normalized spacial score (nSPS) is 15.9. The third-order valence-electron chi connectivity index (χ3n) is 3.47. The molecule has 1 aliphatic rings. The fraction of sp³-hybridized carbons (Fsp3) is 0.333. The molecule has 2 aromatic rings. The second kappa shape index (κ2) is 4.28. The first-order valence-corrected chi connectivity index (χ1v) is 6.92. The minimum Gasteiger partial charge on any atom is -0.383 e. The van der Waals surface area contributed by atoms with Gasteiger partial charge in [-0.05, 0) is 55.0 Å². The van der Waals surface area contributed by atoms with Crippen LogP contribution in [-0.4, -0.2) is 5.11 Å². The lowest BCUT2D eigenvalue weighted by Crippen LogP contribution is -1.98. The van der Waals surface area contributed by atoms with Gasteiger partial charge in [0.1, 0.15) is 6.10 Å². The second-order valence-corrected chi connectivity index (χ2v) is 6.05. The Morgan fingerprint density at radius 3 is 2.71 bits per heavy atom. The molecule has 1 aromatic carbocycles. The van der Waals surface area contributed by atoms with E-state index in [0.717, 1.165) is 10.4 Å². The van der Waals surface area contributed by atoms with E-state index in [9.17, 15) is 5.11 Å². The highest BCUT2D eigenvalue weighted by Crippen LogP contribution is 2.31. The van der Waals surface area contributed by atoms with Gasteiger partial charge in [-0.15, -0.1) is 11.3 Å². The van der Waals surface area contributed by atoms with Gasteiger partial charge in [0.25, 0.3) is 0 Å². The number of benzene rings is 1. The van der Waals surface area contributed by atoms with Crippen LogP contribution < -0.4 is 0 Å². The smallest absolute Gasteiger partial charge is 0.113 e. The maximum Gasteiger partial charge on any atom is 0.113 e. The zero-order valence-corrected chi connectivity index (χ0v) is 10.8. The predicted octanol–water partition coefficient (Wildman–Crippen LogP) is 3.63. The molecular weight excluding hydrogens is 228 g/mol. The summed E-state index contributed by atoms with van der Waals surface area (Å²) in [5, 5.41) is 10.3. The molecule has 0 aliphatic heterocycles. The number of aryl methyl sites for hydroxylation is 3. The molecule has 17 heavy (non-hydrogen) atoms. The van der Waals surface area contributed by atoms with Gasteiger partial charge in [-0.1, -0.05) is 18.2 Å². The van der Waals surface area contributed by atoms with E-state index in [1.165, 1.54) is 35.3 Å². The van der Waals surface area contributed by atoms with Crippen molar-refractivity contribution in [3.63, 3.8) is 0 Å². The third-order valence-corrected chi connectivity index (χ3v) is 4.52. The first kappa shape index (κ1) is 11.0. The number of hydrogen-bond donors (Lipinski definition) is 1. The minimum absolute atomic E-state index is 0.459. The molecular formula is C15H16OS. The fourth-order valence-electron chi connectivity index (χ4n) is 2.53. The summed E-state index contributed by atoms with van der Waals surface area (Å²) in [6.45, 7) is 2.07. The zero-order chi connectivity index (χ0) is 11.8. The van der Waals surface area contributed by atoms with E-state index in [1.807, 2.05) is 6.07 Å². The van der Waals surface area contributed by atoms with Crippen LogP contribution in [0.25, 0.3) is 0 Å². The minimum atomic E-state index is -0.459. The summed E-state index contributed by atoms with van der Waals surface area (Å²) >= 11 is 1.67. The molecule has 2 heteroatoms. The molecule has 1 aliphatic carbocycles. The van der Waals surface area contributed by atoms with Gasteiger partial charge in [0, 0.05) is 9.75 Å². The number of hydrogen-bond acceptors (Lipinski definition) is 2. The van der Waals surface area contributed by atoms with E-state index in [-0.39, 0.29) is 0 Å². The third kappa shape index (κ3) is 2.03. The molecule has 88 valence electrons. The molecule has 1 nitrogen and oxygen atoms in total. The summed E-state index contributed by atoms with van der Waals surface area (Å²) in [6.07, 6.45) is 3.16. The Morgan fingerprint density at radius 1 is 1.12 bits per heavy atom. The maximum absolute atomic E-state index is 10.3. The first-order chi connectivity index (χ1) is 8.24. The number of aliphatic hydroxyl groups excluding tert-OH is 1. The number of fused-ring (bicyclic) bond motifs is 1. The molecule has 1 N–H and O–H groups in total. The Morgan fingerprint density at radius 2 is 1.94 bits per heavy atom. The Labute approximate surface area is 106 Å². The van der Waals surface area contributed by atoms with E-state index < -0.39 is 6.10 Å². The Balaban J connectivity index is 1.94. The van der Waals surface area contributed by atoms with Crippen LogP contribution in [0.2, 0.25) is 0 Å². The highest BCUT2D eigenvalue weighted by Gasteiger charge is 2.16. The topological polar surface area (TPSA) is 20.2 Å². The molecule has 1 heterocycles. The molecule has 1 atom stereocenters. The molecule has 3 rings (SSSR count). The monoisotopic (exact) mass is 244 g/mol. The molecule has 0 saturated heterocycles. The fourth-order valence-corrected chi connectivity index (χ4v) is 3.42. The Kier molecular flexibility index (Phi) is 2.77. The summed E-state index contributed by atoms with van der Waals surface area (Å²) in [7, 11) is 0. The lowest BCUT2D eigenvalue weighted by Gasteiger charge is -2.10. The van der Waals surface area contributed by atoms with Gasteiger partial charge >= 0.3 is 0 Å². The van der Waals surface area contributed by atoms with Crippen LogP contribution in [0.15, 0.2) is 30.3 Å². The average Bonchev–Trinajstić information content (AvgIpc) is 2.95. The van der Waals surface area contributed by atoms with E-state index in [1.54, 1.807) is 11.3 Å². The quantitative estimate of drug-likeness (QED) is 0.855. The summed E-state index contributed by atoms with van der Waals surface area (Å²) in [5.41, 5.74) is 3.92. The van der Waals surface area contributed by atoms with Crippen molar-refractivity contribution in [3.8, 4) is 0 Å². The van der Waals surface area contributed by atoms with E-state index in [2.05, 4.69) is 31.2 Å². The lowest BCUT2D eigenvalue weighted by molar-refractivity contribution is 0.224. The molecule has 0 fully saturated rings. The van der Waals surface area contributed by atoms with E-state index >= 15 is 0 Å². The molecule has 0 radical (unpaired) electrons. The summed E-state index contributed by atoms with van der Waals surface area (Å²) in [6, 6.07) is 10.5. The van der Waals surface area contributed by atoms with Gasteiger partial charge < -0.3 is 5.11 Å². The van der Waals surface area contributed by atoms with Crippen molar-refractivity contribution in [2.24, 2.45) is 0 Å². The van der Waals surface area contributed by atoms with Gasteiger partial charge in [0.05, 0.1) is 0 Å². The number of aliphatic hydroxyl groups is 1. The standard InChI is InChI=1S/C15H16OS/c1-10-5-8-14(17-10)15(16)13-7-6-11-3-2-4-12(11)9-13/h5-9,15-16H,2-4H2,1H3. The molecule has 0 amide bonds. The van der Waals surface area contributed by atoms with Crippen LogP contribution in [0, 0.1) is 6.92 Å². The Bertz CT molecular complexity index is 542. The van der Waals surface area contributed by atoms with Gasteiger partial charge in [0.2, 0.25) is 0 Å². The number of thiophene rings is 1. The van der Waals surface area contributed by atoms with Crippen molar-refractivity contribution >= 4 is 11.3 Å². The molecule has 0 bridgehead atoms. The maximum atomic E-state index is 10.3. The zero-order valence-electron chi connectivity index (χ0n) is 9.94. The van der Waals surface area contributed by atoms with Crippen LogP contribution in [0.3, 0.4) is 0 Å². The molecule has 1 unspecified atom stereocenters. The molecule has 1 aromatic heterocycles. The highest BCUT2D eigenvalue weighted by molar-refractivity contribution is 7.12. The summed E-state index contributed by atoms with van der Waals surface area (Å²) in [5.74, 6) is 0. The van der Waals surface area contributed by atoms with Crippen molar-refractivity contribution in [2.45, 2.75) is 32.3 Å². The second-order valence-electron chi connectivity index (χ2n) is 4.73. The van der Waals surface area contributed by atoms with Crippen LogP contribution >= 0.6 is 11.3 Å². The largest absolute Gasteiger partial charge is 0.383 e. The van der Waals surface area contributed by atoms with Crippen molar-refractivity contribution in [1.29, 1.82) is 0 Å². The van der Waals surface area contributed by atoms with E-state index in [4.69, 9.17) is 0 Å². The Hall–Kier alpha value is -1.12. The van der Waals surface area contributed by atoms with Crippen molar-refractivity contribution < 1.29 is 5.11 Å². The van der Waals surface area contributed by atoms with Gasteiger partial charge in [-0.2, -0.15) is 0 Å². The highest BCUT2D eigenvalue weighted by atomic mass is 32.1. The lowest BCUT2D eigenvalue weighted by atomic mass is 10.0. The van der Waals surface area contributed by atoms with Crippen LogP contribution in [0.1, 0.15) is 39.0 Å². The molecule has 0 spiro atoms. The molecule has 0 saturated carbocycles. The predicted molar refractivity (Wildman–Crippen MR) is 71.6 cm³/mol. The summed E-state index contributed by atoms with van der Waals surface area (Å²) < 4.78 is 0. The SMILES string of the molecule is Cc1ccc(C(O)c2ccc3c(c2)CCC3)s1. The van der Waals surface area contributed by atoms with E-state index in [0.29, 0.717) is 0 Å². The summed E-state index contributed by atoms with van der Waals surface area (Å²) in [4.78, 5) is 2.29. The van der Waals surface area contributed by atoms with Gasteiger partial charge in [0.15, 0.2) is 0 Å².